The average Bonchev–Trinajstić information content (AvgIpc) is 3.41. The fourth-order valence-corrected chi connectivity index (χ4v) is 4.52. The molecule has 0 saturated heterocycles. The van der Waals surface area contributed by atoms with Crippen molar-refractivity contribution in [2.24, 2.45) is 5.92 Å². The fraction of sp³-hybridized carbons (Fsp3) is 0.519. The zero-order valence-corrected chi connectivity index (χ0v) is 20.9. The number of anilines is 1. The lowest BCUT2D eigenvalue weighted by Crippen LogP contribution is -2.24. The molecule has 3 aromatic rings. The first-order valence-electron chi connectivity index (χ1n) is 12.7. The lowest BCUT2D eigenvalue weighted by atomic mass is 10.0. The van der Waals surface area contributed by atoms with Gasteiger partial charge in [-0.1, -0.05) is 63.6 Å². The molecule has 1 aromatic carbocycles. The summed E-state index contributed by atoms with van der Waals surface area (Å²) in [6.07, 6.45) is 6.68. The average molecular weight is 480 g/mol. The summed E-state index contributed by atoms with van der Waals surface area (Å²) in [5, 5.41) is 0. The topological polar surface area (TPSA) is 97.3 Å². The van der Waals surface area contributed by atoms with Crippen LogP contribution in [0.25, 0.3) is 11.2 Å². The summed E-state index contributed by atoms with van der Waals surface area (Å²) in [5.41, 5.74) is 9.53. The maximum Gasteiger partial charge on any atom is 0.247 e. The molecule has 188 valence electrons. The van der Waals surface area contributed by atoms with E-state index in [1.54, 1.807) is 6.33 Å². The third-order valence-electron chi connectivity index (χ3n) is 6.53. The Kier molecular flexibility index (Phi) is 8.71. The Morgan fingerprint density at radius 2 is 1.86 bits per heavy atom. The maximum absolute atomic E-state index is 6.33. The Hall–Kier alpha value is -2.97. The molecule has 1 saturated carbocycles. The second-order valence-electron chi connectivity index (χ2n) is 9.11. The van der Waals surface area contributed by atoms with Gasteiger partial charge in [0.25, 0.3) is 0 Å². The zero-order valence-electron chi connectivity index (χ0n) is 20.9. The van der Waals surface area contributed by atoms with Crippen LogP contribution < -0.4 is 10.5 Å². The molecule has 1 fully saturated rings. The molecule has 2 heterocycles. The summed E-state index contributed by atoms with van der Waals surface area (Å²) in [7, 11) is 0. The van der Waals surface area contributed by atoms with Crippen LogP contribution in [-0.2, 0) is 16.1 Å². The van der Waals surface area contributed by atoms with Crippen LogP contribution >= 0.6 is 0 Å². The minimum atomic E-state index is -0.0188. The number of nitrogen functional groups attached to an aromatic ring is 1. The molecule has 35 heavy (non-hydrogen) atoms. The van der Waals surface area contributed by atoms with Gasteiger partial charge in [0.1, 0.15) is 0 Å². The number of nitrogens with zero attached hydrogens (tertiary/aromatic N) is 4. The predicted molar refractivity (Wildman–Crippen MR) is 137 cm³/mol. The van der Waals surface area contributed by atoms with Crippen LogP contribution in [0.1, 0.15) is 57.6 Å². The highest BCUT2D eigenvalue weighted by Gasteiger charge is 2.40. The highest BCUT2D eigenvalue weighted by Crippen LogP contribution is 2.42. The highest BCUT2D eigenvalue weighted by molar-refractivity contribution is 5.77. The molecule has 1 aliphatic rings. The second kappa shape index (κ2) is 12.1. The summed E-state index contributed by atoms with van der Waals surface area (Å²) in [4.78, 5) is 13.4. The quantitative estimate of drug-likeness (QED) is 0.269. The number of nitrogens with two attached hydrogens (primary N) is 1. The number of unbranched alkanes of at least 4 members (excludes halogenated alkanes) is 2. The van der Waals surface area contributed by atoms with Gasteiger partial charge >= 0.3 is 0 Å². The Morgan fingerprint density at radius 1 is 1.09 bits per heavy atom. The molecule has 8 nitrogen and oxygen atoms in total. The number of hydrogen-bond acceptors (Lipinski definition) is 7. The Labute approximate surface area is 207 Å². The van der Waals surface area contributed by atoms with Crippen LogP contribution in [0.15, 0.2) is 48.8 Å². The normalized spacial score (nSPS) is 20.1. The zero-order chi connectivity index (χ0) is 24.6. The van der Waals surface area contributed by atoms with E-state index in [9.17, 15) is 0 Å². The number of imidazole rings is 1. The first-order valence-corrected chi connectivity index (χ1v) is 12.7. The standard InChI is InChI=1S/C27H37N5O3/c1-4-6-13-34-23-15-22(19(3)21(23)17-33-16-20-11-9-8-10-12-20)32-18-29-24-25(32)30-27(28)31-26(24)35-14-7-5-2/h8-12,18,21-23H,3-7,13-17H2,1-2H3,(H2,28,30,31)/t21-,22?,23-/m0/s1. The van der Waals surface area contributed by atoms with Crippen molar-refractivity contribution in [1.82, 2.24) is 19.5 Å². The van der Waals surface area contributed by atoms with E-state index >= 15 is 0 Å². The van der Waals surface area contributed by atoms with Crippen LogP contribution in [0.4, 0.5) is 5.95 Å². The van der Waals surface area contributed by atoms with Crippen molar-refractivity contribution in [2.75, 3.05) is 25.6 Å². The van der Waals surface area contributed by atoms with Gasteiger partial charge in [0, 0.05) is 12.5 Å². The predicted octanol–water partition coefficient (Wildman–Crippen LogP) is 5.11. The van der Waals surface area contributed by atoms with Gasteiger partial charge in [0.05, 0.1) is 38.3 Å². The Balaban J connectivity index is 1.53. The molecular formula is C27H37N5O3. The third-order valence-corrected chi connectivity index (χ3v) is 6.53. The van der Waals surface area contributed by atoms with E-state index in [-0.39, 0.29) is 24.0 Å². The van der Waals surface area contributed by atoms with Crippen LogP contribution in [0.5, 0.6) is 5.88 Å². The van der Waals surface area contributed by atoms with Gasteiger partial charge in [-0.2, -0.15) is 9.97 Å². The molecule has 4 rings (SSSR count). The summed E-state index contributed by atoms with van der Waals surface area (Å²) >= 11 is 0. The SMILES string of the molecule is C=C1C(n2cnc3c(OCCCC)nc(N)nc32)C[C@H](OCCCC)[C@H]1COCc1ccccc1. The van der Waals surface area contributed by atoms with Gasteiger partial charge in [-0.3, -0.25) is 0 Å². The van der Waals surface area contributed by atoms with E-state index in [2.05, 4.69) is 47.5 Å². The molecule has 0 aliphatic heterocycles. The molecule has 2 aromatic heterocycles. The number of rotatable bonds is 13. The van der Waals surface area contributed by atoms with Crippen LogP contribution in [0.2, 0.25) is 0 Å². The molecule has 3 atom stereocenters. The Bertz CT molecular complexity index is 1100. The summed E-state index contributed by atoms with van der Waals surface area (Å²) in [6, 6.07) is 10.2. The van der Waals surface area contributed by atoms with Crippen molar-refractivity contribution in [3.8, 4) is 5.88 Å². The molecule has 0 spiro atoms. The maximum atomic E-state index is 6.33. The third kappa shape index (κ3) is 6.00. The molecule has 2 N–H and O–H groups in total. The van der Waals surface area contributed by atoms with Crippen LogP contribution in [0.3, 0.4) is 0 Å². The summed E-state index contributed by atoms with van der Waals surface area (Å²) in [6.45, 7) is 11.2. The van der Waals surface area contributed by atoms with Gasteiger partial charge in [-0.05, 0) is 30.4 Å². The summed E-state index contributed by atoms with van der Waals surface area (Å²) < 4.78 is 20.4. The number of benzene rings is 1. The first-order chi connectivity index (χ1) is 17.1. The van der Waals surface area contributed by atoms with Crippen molar-refractivity contribution in [3.05, 3.63) is 54.4 Å². The van der Waals surface area contributed by atoms with Crippen molar-refractivity contribution in [3.63, 3.8) is 0 Å². The lowest BCUT2D eigenvalue weighted by molar-refractivity contribution is -0.00463. The molecule has 0 bridgehead atoms. The van der Waals surface area contributed by atoms with E-state index in [0.29, 0.717) is 36.9 Å². The van der Waals surface area contributed by atoms with Crippen molar-refractivity contribution in [2.45, 2.75) is 64.7 Å². The van der Waals surface area contributed by atoms with Crippen LogP contribution in [-0.4, -0.2) is 45.4 Å². The van der Waals surface area contributed by atoms with E-state index in [1.165, 1.54) is 0 Å². The summed E-state index contributed by atoms with van der Waals surface area (Å²) in [5.74, 6) is 0.687. The largest absolute Gasteiger partial charge is 0.476 e. The Morgan fingerprint density at radius 3 is 2.63 bits per heavy atom. The van der Waals surface area contributed by atoms with Gasteiger partial charge in [0.15, 0.2) is 11.2 Å². The minimum absolute atomic E-state index is 0.0188. The van der Waals surface area contributed by atoms with Gasteiger partial charge in [0.2, 0.25) is 11.8 Å². The molecule has 1 unspecified atom stereocenters. The number of hydrogen-bond donors (Lipinski definition) is 1. The van der Waals surface area contributed by atoms with E-state index < -0.39 is 0 Å². The molecule has 8 heteroatoms. The van der Waals surface area contributed by atoms with E-state index in [1.807, 2.05) is 22.8 Å². The number of fused-ring (bicyclic) bond motifs is 1. The highest BCUT2D eigenvalue weighted by atomic mass is 16.5. The molecule has 1 aliphatic carbocycles. The van der Waals surface area contributed by atoms with Crippen molar-refractivity contribution >= 4 is 17.1 Å². The van der Waals surface area contributed by atoms with Crippen LogP contribution in [0, 0.1) is 5.92 Å². The molecule has 0 radical (unpaired) electrons. The first kappa shape index (κ1) is 25.1. The van der Waals surface area contributed by atoms with Gasteiger partial charge < -0.3 is 24.5 Å². The van der Waals surface area contributed by atoms with Crippen molar-refractivity contribution < 1.29 is 14.2 Å². The van der Waals surface area contributed by atoms with Gasteiger partial charge in [-0.25, -0.2) is 4.98 Å². The van der Waals surface area contributed by atoms with E-state index in [0.717, 1.165) is 49.8 Å². The van der Waals surface area contributed by atoms with Gasteiger partial charge in [-0.15, -0.1) is 0 Å². The lowest BCUT2D eigenvalue weighted by Gasteiger charge is -2.21. The van der Waals surface area contributed by atoms with E-state index in [4.69, 9.17) is 19.9 Å². The smallest absolute Gasteiger partial charge is 0.247 e. The number of aromatic nitrogens is 4. The monoisotopic (exact) mass is 479 g/mol. The number of ether oxygens (including phenoxy) is 3. The fourth-order valence-electron chi connectivity index (χ4n) is 4.52. The minimum Gasteiger partial charge on any atom is -0.476 e. The molecule has 0 amide bonds. The second-order valence-corrected chi connectivity index (χ2v) is 9.11. The molecular weight excluding hydrogens is 442 g/mol. The van der Waals surface area contributed by atoms with Crippen molar-refractivity contribution in [1.29, 1.82) is 0 Å².